The first-order chi connectivity index (χ1) is 11.1. The zero-order valence-corrected chi connectivity index (χ0v) is 16.0. The summed E-state index contributed by atoms with van der Waals surface area (Å²) in [5.74, 6) is 1.89. The lowest BCUT2D eigenvalue weighted by Gasteiger charge is -2.16. The first kappa shape index (κ1) is 20.8. The van der Waals surface area contributed by atoms with E-state index in [4.69, 9.17) is 4.74 Å². The van der Waals surface area contributed by atoms with Crippen LogP contribution in [0.2, 0.25) is 0 Å². The van der Waals surface area contributed by atoms with Gasteiger partial charge in [-0.1, -0.05) is 12.1 Å². The Bertz CT molecular complexity index is 522. The Labute approximate surface area is 152 Å². The average molecular weight is 355 g/mol. The number of nitrogens with one attached hydrogen (secondary N) is 1. The number of amides is 1. The molecule has 1 saturated heterocycles. The molecule has 0 spiro atoms. The molecule has 5 heteroatoms. The molecule has 1 aliphatic rings. The van der Waals surface area contributed by atoms with Crippen molar-refractivity contribution in [1.29, 1.82) is 0 Å². The molecular weight excluding hydrogens is 324 g/mol. The van der Waals surface area contributed by atoms with Crippen LogP contribution in [0.1, 0.15) is 36.8 Å². The Morgan fingerprint density at radius 1 is 1.33 bits per heavy atom. The van der Waals surface area contributed by atoms with Gasteiger partial charge in [-0.3, -0.25) is 4.79 Å². The summed E-state index contributed by atoms with van der Waals surface area (Å²) in [7, 11) is 1.97. The highest BCUT2D eigenvalue weighted by Crippen LogP contribution is 2.20. The van der Waals surface area contributed by atoms with E-state index in [-0.39, 0.29) is 12.4 Å². The van der Waals surface area contributed by atoms with Crippen molar-refractivity contribution in [2.75, 3.05) is 33.3 Å². The van der Waals surface area contributed by atoms with Gasteiger partial charge in [0, 0.05) is 19.5 Å². The fourth-order valence-electron chi connectivity index (χ4n) is 3.10. The Morgan fingerprint density at radius 3 is 2.88 bits per heavy atom. The molecule has 2 rings (SSSR count). The first-order valence-electron chi connectivity index (χ1n) is 8.72. The van der Waals surface area contributed by atoms with Crippen LogP contribution in [-0.2, 0) is 4.79 Å². The Balaban J connectivity index is 0.00000288. The fourth-order valence-corrected chi connectivity index (χ4v) is 3.10. The summed E-state index contributed by atoms with van der Waals surface area (Å²) < 4.78 is 5.84. The summed E-state index contributed by atoms with van der Waals surface area (Å²) in [6.07, 6.45) is 3.59. The number of hydrogen-bond donors (Lipinski definition) is 1. The van der Waals surface area contributed by atoms with E-state index in [0.29, 0.717) is 24.9 Å². The van der Waals surface area contributed by atoms with E-state index in [2.05, 4.69) is 37.4 Å². The van der Waals surface area contributed by atoms with Crippen LogP contribution < -0.4 is 10.1 Å². The van der Waals surface area contributed by atoms with Crippen molar-refractivity contribution in [2.45, 2.75) is 39.5 Å². The van der Waals surface area contributed by atoms with Gasteiger partial charge in [0.15, 0.2) is 0 Å². The molecule has 0 radical (unpaired) electrons. The number of hydrogen-bond acceptors (Lipinski definition) is 3. The summed E-state index contributed by atoms with van der Waals surface area (Å²) in [5.41, 5.74) is 2.38. The Hall–Kier alpha value is -1.26. The summed E-state index contributed by atoms with van der Waals surface area (Å²) in [6.45, 7) is 7.66. The number of unbranched alkanes of at least 4 members (excludes halogenated alkanes) is 1. The van der Waals surface area contributed by atoms with Crippen LogP contribution in [0.3, 0.4) is 0 Å². The monoisotopic (exact) mass is 354 g/mol. The molecule has 0 bridgehead atoms. The van der Waals surface area contributed by atoms with E-state index >= 15 is 0 Å². The van der Waals surface area contributed by atoms with Crippen molar-refractivity contribution in [2.24, 2.45) is 5.92 Å². The molecule has 1 atom stereocenters. The lowest BCUT2D eigenvalue weighted by molar-refractivity contribution is -0.130. The minimum Gasteiger partial charge on any atom is -0.493 e. The molecule has 4 nitrogen and oxygen atoms in total. The summed E-state index contributed by atoms with van der Waals surface area (Å²) >= 11 is 0. The van der Waals surface area contributed by atoms with Crippen LogP contribution in [0.25, 0.3) is 0 Å². The number of halogens is 1. The Kier molecular flexibility index (Phi) is 9.16. The number of carbonyl (C=O) groups excluding carboxylic acids is 1. The molecule has 1 aromatic rings. The fraction of sp³-hybridized carbons (Fsp3) is 0.632. The number of rotatable bonds is 8. The highest BCUT2D eigenvalue weighted by atomic mass is 35.5. The zero-order chi connectivity index (χ0) is 16.7. The molecule has 1 unspecified atom stereocenters. The third-order valence-electron chi connectivity index (χ3n) is 4.52. The second-order valence-electron chi connectivity index (χ2n) is 6.63. The number of carbonyl (C=O) groups is 1. The Morgan fingerprint density at radius 2 is 2.12 bits per heavy atom. The number of benzene rings is 1. The van der Waals surface area contributed by atoms with Gasteiger partial charge in [-0.15, -0.1) is 12.4 Å². The van der Waals surface area contributed by atoms with Crippen molar-refractivity contribution in [1.82, 2.24) is 10.2 Å². The van der Waals surface area contributed by atoms with Crippen LogP contribution in [0, 0.1) is 19.8 Å². The van der Waals surface area contributed by atoms with Gasteiger partial charge in [-0.25, -0.2) is 0 Å². The second kappa shape index (κ2) is 10.6. The van der Waals surface area contributed by atoms with Gasteiger partial charge < -0.3 is 15.0 Å². The van der Waals surface area contributed by atoms with Gasteiger partial charge in [0.1, 0.15) is 5.75 Å². The second-order valence-corrected chi connectivity index (χ2v) is 6.63. The van der Waals surface area contributed by atoms with Gasteiger partial charge in [0.25, 0.3) is 0 Å². The van der Waals surface area contributed by atoms with Crippen LogP contribution >= 0.6 is 12.4 Å². The van der Waals surface area contributed by atoms with E-state index in [9.17, 15) is 4.79 Å². The molecule has 1 N–H and O–H groups in total. The number of nitrogens with zero attached hydrogens (tertiary/aromatic N) is 1. The van der Waals surface area contributed by atoms with Gasteiger partial charge in [-0.2, -0.15) is 0 Å². The van der Waals surface area contributed by atoms with Gasteiger partial charge in [-0.05, 0) is 69.8 Å². The molecule has 0 saturated carbocycles. The molecular formula is C19H31ClN2O2. The predicted molar refractivity (Wildman–Crippen MR) is 101 cm³/mol. The minimum atomic E-state index is 0. The molecule has 1 heterocycles. The normalized spacial score (nSPS) is 16.8. The standard InChI is InChI=1S/C19H30N2O2.ClH/c1-15-7-8-16(2)18(12-15)23-11-5-4-6-19(22)21-10-9-17(14-21)13-20-3;/h7-8,12,17,20H,4-6,9-11,13-14H2,1-3H3;1H. The minimum absolute atomic E-state index is 0. The zero-order valence-electron chi connectivity index (χ0n) is 15.1. The van der Waals surface area contributed by atoms with Crippen LogP contribution in [-0.4, -0.2) is 44.1 Å². The van der Waals surface area contributed by atoms with Gasteiger partial charge >= 0.3 is 0 Å². The van der Waals surface area contributed by atoms with E-state index < -0.39 is 0 Å². The predicted octanol–water partition coefficient (Wildman–Crippen LogP) is 3.34. The van der Waals surface area contributed by atoms with E-state index in [1.165, 1.54) is 11.1 Å². The molecule has 1 aliphatic heterocycles. The van der Waals surface area contributed by atoms with Crippen LogP contribution in [0.5, 0.6) is 5.75 Å². The molecule has 136 valence electrons. The largest absolute Gasteiger partial charge is 0.493 e. The molecule has 1 aromatic carbocycles. The number of ether oxygens (including phenoxy) is 1. The van der Waals surface area contributed by atoms with Crippen molar-refractivity contribution in [3.05, 3.63) is 29.3 Å². The van der Waals surface area contributed by atoms with Gasteiger partial charge in [0.05, 0.1) is 6.61 Å². The van der Waals surface area contributed by atoms with E-state index in [1.54, 1.807) is 0 Å². The maximum absolute atomic E-state index is 12.2. The smallest absolute Gasteiger partial charge is 0.222 e. The number of aryl methyl sites for hydroxylation is 2. The molecule has 0 aliphatic carbocycles. The number of likely N-dealkylation sites (tertiary alicyclic amines) is 1. The summed E-state index contributed by atoms with van der Waals surface area (Å²) in [6, 6.07) is 6.26. The van der Waals surface area contributed by atoms with Crippen molar-refractivity contribution >= 4 is 18.3 Å². The third kappa shape index (κ3) is 6.33. The van der Waals surface area contributed by atoms with Gasteiger partial charge in [0.2, 0.25) is 5.91 Å². The van der Waals surface area contributed by atoms with E-state index in [0.717, 1.165) is 44.6 Å². The molecule has 24 heavy (non-hydrogen) atoms. The topological polar surface area (TPSA) is 41.6 Å². The first-order valence-corrected chi connectivity index (χ1v) is 8.72. The van der Waals surface area contributed by atoms with Crippen molar-refractivity contribution < 1.29 is 9.53 Å². The van der Waals surface area contributed by atoms with Crippen molar-refractivity contribution in [3.8, 4) is 5.75 Å². The molecule has 1 amide bonds. The lowest BCUT2D eigenvalue weighted by atomic mass is 10.1. The lowest BCUT2D eigenvalue weighted by Crippen LogP contribution is -2.30. The maximum Gasteiger partial charge on any atom is 0.222 e. The van der Waals surface area contributed by atoms with Crippen molar-refractivity contribution in [3.63, 3.8) is 0 Å². The highest BCUT2D eigenvalue weighted by molar-refractivity contribution is 5.85. The average Bonchev–Trinajstić information content (AvgIpc) is 2.99. The van der Waals surface area contributed by atoms with Crippen LogP contribution in [0.4, 0.5) is 0 Å². The third-order valence-corrected chi connectivity index (χ3v) is 4.52. The summed E-state index contributed by atoms with van der Waals surface area (Å²) in [4.78, 5) is 14.2. The van der Waals surface area contributed by atoms with Crippen LogP contribution in [0.15, 0.2) is 18.2 Å². The SMILES string of the molecule is CNCC1CCN(C(=O)CCCCOc2cc(C)ccc2C)C1.Cl. The molecule has 0 aromatic heterocycles. The molecule has 1 fully saturated rings. The maximum atomic E-state index is 12.2. The highest BCUT2D eigenvalue weighted by Gasteiger charge is 2.24. The van der Waals surface area contributed by atoms with E-state index in [1.807, 2.05) is 11.9 Å². The summed E-state index contributed by atoms with van der Waals surface area (Å²) in [5, 5.41) is 3.20. The quantitative estimate of drug-likeness (QED) is 0.728.